The lowest BCUT2D eigenvalue weighted by Crippen LogP contribution is -2.52. The first-order chi connectivity index (χ1) is 19.8. The van der Waals surface area contributed by atoms with Crippen LogP contribution in [0.3, 0.4) is 0 Å². The van der Waals surface area contributed by atoms with E-state index in [1.807, 2.05) is 24.9 Å². The van der Waals surface area contributed by atoms with Crippen LogP contribution in [-0.4, -0.2) is 64.5 Å². The Morgan fingerprint density at radius 2 is 1.81 bits per heavy atom. The van der Waals surface area contributed by atoms with Crippen LogP contribution in [0.4, 0.5) is 34.8 Å². The van der Waals surface area contributed by atoms with Crippen molar-refractivity contribution in [1.29, 1.82) is 0 Å². The van der Waals surface area contributed by atoms with Gasteiger partial charge in [0.2, 0.25) is 17.8 Å². The van der Waals surface area contributed by atoms with Crippen molar-refractivity contribution in [2.45, 2.75) is 52.1 Å². The van der Waals surface area contributed by atoms with E-state index in [0.717, 1.165) is 22.6 Å². The van der Waals surface area contributed by atoms with E-state index in [4.69, 9.17) is 0 Å². The first kappa shape index (κ1) is 28.1. The van der Waals surface area contributed by atoms with Crippen molar-refractivity contribution >= 4 is 29.0 Å². The smallest absolute Gasteiger partial charge is 0.363 e. The molecule has 2 atom stereocenters. The molecule has 42 heavy (non-hydrogen) atoms. The minimum Gasteiger partial charge on any atom is -0.363 e. The molecule has 0 bridgehead atoms. The number of fused-ring (bicyclic) bond motifs is 3. The van der Waals surface area contributed by atoms with Crippen LogP contribution in [0.15, 0.2) is 30.3 Å². The van der Waals surface area contributed by atoms with Crippen LogP contribution < -0.4 is 14.7 Å². The Morgan fingerprint density at radius 1 is 1.05 bits per heavy atom. The summed E-state index contributed by atoms with van der Waals surface area (Å²) in [5.41, 5.74) is 1.52. The van der Waals surface area contributed by atoms with Gasteiger partial charge in [0, 0.05) is 44.7 Å². The topological polar surface area (TPSA) is 77.8 Å². The molecule has 9 nitrogen and oxygen atoms in total. The summed E-state index contributed by atoms with van der Waals surface area (Å²) in [7, 11) is 3.53. The van der Waals surface area contributed by atoms with E-state index in [0.29, 0.717) is 36.8 Å². The Bertz CT molecular complexity index is 1590. The standard InChI is InChI=1S/C29H31F4N7O2/c1-16-6-5-7-21-25(16)38(14-20-27(30)39-9-8-36(3)15-23(39)35-20)13-18-11-24(41)40(26(18)28(42)37(21)4)22-12-19(29(31,32)33)10-17(2)34-22/h5-7,10,12,18,26H,8-9,11,13-15H2,1-4H3/t18-,26+/m1/s1. The van der Waals surface area contributed by atoms with Crippen molar-refractivity contribution < 1.29 is 27.2 Å². The summed E-state index contributed by atoms with van der Waals surface area (Å²) in [5.74, 6) is -1.51. The van der Waals surface area contributed by atoms with Gasteiger partial charge in [-0.1, -0.05) is 12.1 Å². The van der Waals surface area contributed by atoms with Gasteiger partial charge < -0.3 is 14.4 Å². The molecule has 0 spiro atoms. The van der Waals surface area contributed by atoms with Gasteiger partial charge in [-0.05, 0) is 44.7 Å². The summed E-state index contributed by atoms with van der Waals surface area (Å²) in [4.78, 5) is 42.9. The second-order valence-corrected chi connectivity index (χ2v) is 11.4. The molecule has 1 aromatic carbocycles. The average Bonchev–Trinajstić information content (AvgIpc) is 3.40. The van der Waals surface area contributed by atoms with Gasteiger partial charge in [-0.25, -0.2) is 9.97 Å². The predicted molar refractivity (Wildman–Crippen MR) is 148 cm³/mol. The van der Waals surface area contributed by atoms with Crippen molar-refractivity contribution in [3.05, 3.63) is 64.6 Å². The molecule has 1 saturated heterocycles. The molecule has 3 aromatic rings. The summed E-state index contributed by atoms with van der Waals surface area (Å²) >= 11 is 0. The first-order valence-electron chi connectivity index (χ1n) is 13.8. The van der Waals surface area contributed by atoms with Crippen LogP contribution in [0.25, 0.3) is 0 Å². The highest BCUT2D eigenvalue weighted by Gasteiger charge is 2.49. The number of halogens is 4. The number of nitrogens with zero attached hydrogens (tertiary/aromatic N) is 7. The van der Waals surface area contributed by atoms with Crippen molar-refractivity contribution in [3.63, 3.8) is 0 Å². The van der Waals surface area contributed by atoms with Crippen molar-refractivity contribution in [2.24, 2.45) is 5.92 Å². The molecular formula is C29H31F4N7O2. The molecule has 13 heteroatoms. The molecule has 0 saturated carbocycles. The SMILES string of the molecule is Cc1cc(C(F)(F)F)cc(N2C(=O)C[C@@H]3CN(Cc4nc5n(c4F)CCN(C)C5)c4c(C)cccc4N(C)C(=O)[C@H]32)n1. The van der Waals surface area contributed by atoms with Gasteiger partial charge in [-0.15, -0.1) is 0 Å². The summed E-state index contributed by atoms with van der Waals surface area (Å²) in [6.07, 6.45) is -4.73. The number of para-hydroxylation sites is 1. The van der Waals surface area contributed by atoms with Gasteiger partial charge in [0.25, 0.3) is 0 Å². The van der Waals surface area contributed by atoms with Crippen molar-refractivity contribution in [1.82, 2.24) is 19.4 Å². The molecule has 3 aliphatic heterocycles. The van der Waals surface area contributed by atoms with E-state index in [2.05, 4.69) is 14.9 Å². The van der Waals surface area contributed by atoms with Crippen LogP contribution >= 0.6 is 0 Å². The summed E-state index contributed by atoms with van der Waals surface area (Å²) in [6, 6.07) is 6.10. The number of carbonyl (C=O) groups excluding carboxylic acids is 2. The van der Waals surface area contributed by atoms with E-state index >= 15 is 4.39 Å². The van der Waals surface area contributed by atoms with Crippen LogP contribution in [0, 0.1) is 25.7 Å². The summed E-state index contributed by atoms with van der Waals surface area (Å²) in [5, 5.41) is 0. The fourth-order valence-corrected chi connectivity index (χ4v) is 6.40. The van der Waals surface area contributed by atoms with Gasteiger partial charge in [0.05, 0.1) is 30.0 Å². The molecular weight excluding hydrogens is 554 g/mol. The normalized spacial score (nSPS) is 21.3. The zero-order valence-electron chi connectivity index (χ0n) is 23.7. The molecule has 2 aromatic heterocycles. The lowest BCUT2D eigenvalue weighted by molar-refractivity contribution is -0.137. The van der Waals surface area contributed by atoms with Crippen LogP contribution in [-0.2, 0) is 35.4 Å². The Labute approximate surface area is 240 Å². The zero-order valence-corrected chi connectivity index (χ0v) is 23.7. The van der Waals surface area contributed by atoms with Crippen LogP contribution in [0.1, 0.15) is 34.8 Å². The lowest BCUT2D eigenvalue weighted by Gasteiger charge is -2.39. The number of rotatable bonds is 3. The van der Waals surface area contributed by atoms with Crippen molar-refractivity contribution in [2.75, 3.05) is 41.9 Å². The van der Waals surface area contributed by atoms with Gasteiger partial charge >= 0.3 is 6.18 Å². The molecule has 222 valence electrons. The number of carbonyl (C=O) groups is 2. The third-order valence-corrected chi connectivity index (χ3v) is 8.38. The fraction of sp³-hybridized carbons (Fsp3) is 0.448. The lowest BCUT2D eigenvalue weighted by atomic mass is 9.95. The molecule has 5 heterocycles. The highest BCUT2D eigenvalue weighted by Crippen LogP contribution is 2.42. The van der Waals surface area contributed by atoms with E-state index in [1.54, 1.807) is 23.7 Å². The van der Waals surface area contributed by atoms with Gasteiger partial charge in [0.15, 0.2) is 0 Å². The molecule has 6 rings (SSSR count). The third kappa shape index (κ3) is 4.69. The quantitative estimate of drug-likeness (QED) is 0.434. The molecule has 0 unspecified atom stereocenters. The molecule has 0 aliphatic carbocycles. The van der Waals surface area contributed by atoms with E-state index in [9.17, 15) is 22.8 Å². The van der Waals surface area contributed by atoms with E-state index < -0.39 is 41.5 Å². The molecule has 1 fully saturated rings. The summed E-state index contributed by atoms with van der Waals surface area (Å²) < 4.78 is 58.2. The Hall–Kier alpha value is -4.00. The molecule has 0 radical (unpaired) electrons. The number of pyridine rings is 1. The monoisotopic (exact) mass is 585 g/mol. The molecule has 0 N–H and O–H groups in total. The number of alkyl halides is 3. The highest BCUT2D eigenvalue weighted by molar-refractivity contribution is 6.10. The Kier molecular flexibility index (Phi) is 6.75. The first-order valence-corrected chi connectivity index (χ1v) is 13.8. The summed E-state index contributed by atoms with van der Waals surface area (Å²) in [6.45, 7) is 5.28. The number of aryl methyl sites for hydroxylation is 2. The maximum atomic E-state index is 15.6. The number of imidazole rings is 1. The third-order valence-electron chi connectivity index (χ3n) is 8.38. The maximum Gasteiger partial charge on any atom is 0.416 e. The number of hydrogen-bond acceptors (Lipinski definition) is 6. The second-order valence-electron chi connectivity index (χ2n) is 11.4. The minimum atomic E-state index is -4.65. The number of aromatic nitrogens is 3. The van der Waals surface area contributed by atoms with Gasteiger partial charge in [-0.2, -0.15) is 17.6 Å². The molecule has 3 aliphatic rings. The largest absolute Gasteiger partial charge is 0.416 e. The van der Waals surface area contributed by atoms with Crippen LogP contribution in [0.5, 0.6) is 0 Å². The van der Waals surface area contributed by atoms with Crippen LogP contribution in [0.2, 0.25) is 0 Å². The van der Waals surface area contributed by atoms with E-state index in [1.165, 1.54) is 11.8 Å². The Balaban J connectivity index is 1.43. The number of anilines is 3. The van der Waals surface area contributed by atoms with E-state index in [-0.39, 0.29) is 36.7 Å². The number of amides is 2. The minimum absolute atomic E-state index is 0.0775. The zero-order chi connectivity index (χ0) is 30.1. The number of likely N-dealkylation sites (N-methyl/N-ethyl adjacent to an activating group) is 2. The average molecular weight is 586 g/mol. The molecule has 2 amide bonds. The number of hydrogen-bond donors (Lipinski definition) is 0. The predicted octanol–water partition coefficient (Wildman–Crippen LogP) is 3.90. The highest BCUT2D eigenvalue weighted by atomic mass is 19.4. The number of benzene rings is 1. The Morgan fingerprint density at radius 3 is 2.55 bits per heavy atom. The fourth-order valence-electron chi connectivity index (χ4n) is 6.40. The maximum absolute atomic E-state index is 15.6. The van der Waals surface area contributed by atoms with Gasteiger partial charge in [-0.3, -0.25) is 19.4 Å². The van der Waals surface area contributed by atoms with Crippen molar-refractivity contribution in [3.8, 4) is 0 Å². The second kappa shape index (κ2) is 10.1. The van der Waals surface area contributed by atoms with Gasteiger partial charge in [0.1, 0.15) is 23.4 Å².